The second kappa shape index (κ2) is 6.09. The van der Waals surface area contributed by atoms with Gasteiger partial charge in [0, 0.05) is 10.5 Å². The third-order valence-electron chi connectivity index (χ3n) is 2.16. The molecule has 0 spiro atoms. The predicted molar refractivity (Wildman–Crippen MR) is 62.6 cm³/mol. The topological polar surface area (TPSA) is 17.1 Å². The van der Waals surface area contributed by atoms with E-state index in [1.54, 1.807) is 0 Å². The minimum Gasteiger partial charge on any atom is -0.298 e. The molecular formula is C11H8ClF5OS. The molecule has 1 nitrogen and oxygen atoms in total. The largest absolute Gasteiger partial charge is 0.446 e. The van der Waals surface area contributed by atoms with Crippen LogP contribution in [0.1, 0.15) is 29.9 Å². The van der Waals surface area contributed by atoms with Crippen molar-refractivity contribution in [2.45, 2.75) is 29.1 Å². The number of ketones is 1. The number of carbonyl (C=O) groups is 1. The molecule has 0 aliphatic rings. The van der Waals surface area contributed by atoms with E-state index < -0.39 is 45.3 Å². The van der Waals surface area contributed by atoms with Crippen LogP contribution in [-0.2, 0) is 4.79 Å². The lowest BCUT2D eigenvalue weighted by molar-refractivity contribution is -0.116. The minimum atomic E-state index is -4.74. The van der Waals surface area contributed by atoms with E-state index in [4.69, 9.17) is 11.6 Å². The Morgan fingerprint density at radius 2 is 1.79 bits per heavy atom. The van der Waals surface area contributed by atoms with Crippen LogP contribution >= 0.6 is 23.4 Å². The lowest BCUT2D eigenvalue weighted by Gasteiger charge is -2.17. The first-order valence-electron chi connectivity index (χ1n) is 4.94. The summed E-state index contributed by atoms with van der Waals surface area (Å²) < 4.78 is 62.7. The van der Waals surface area contributed by atoms with Crippen LogP contribution in [-0.4, -0.2) is 11.3 Å². The van der Waals surface area contributed by atoms with Gasteiger partial charge in [-0.2, -0.15) is 13.2 Å². The van der Waals surface area contributed by atoms with Gasteiger partial charge in [-0.1, -0.05) is 18.2 Å². The molecule has 0 bridgehead atoms. The molecule has 1 rings (SSSR count). The van der Waals surface area contributed by atoms with Crippen molar-refractivity contribution in [3.05, 3.63) is 29.3 Å². The standard InChI is InChI=1S/C11H8ClF5OS/c1-5(18)8(12)6-3-2-4-7(10(13)14)9(6)19-11(15,16)17/h2-4,8,10H,1H3. The Hall–Kier alpha value is -0.820. The fraction of sp³-hybridized carbons (Fsp3) is 0.364. The molecule has 0 aromatic heterocycles. The fourth-order valence-corrected chi connectivity index (χ4v) is 2.45. The van der Waals surface area contributed by atoms with Crippen molar-refractivity contribution in [2.24, 2.45) is 0 Å². The number of hydrogen-bond donors (Lipinski definition) is 0. The van der Waals surface area contributed by atoms with E-state index in [0.717, 1.165) is 25.1 Å². The van der Waals surface area contributed by atoms with Gasteiger partial charge >= 0.3 is 5.51 Å². The van der Waals surface area contributed by atoms with E-state index in [-0.39, 0.29) is 5.56 Å². The van der Waals surface area contributed by atoms with Gasteiger partial charge < -0.3 is 0 Å². The van der Waals surface area contributed by atoms with Crippen LogP contribution in [0.5, 0.6) is 0 Å². The number of Topliss-reactive ketones (excluding diaryl/α,β-unsaturated/α-hetero) is 1. The van der Waals surface area contributed by atoms with Gasteiger partial charge in [0.2, 0.25) is 0 Å². The number of benzene rings is 1. The van der Waals surface area contributed by atoms with Gasteiger partial charge in [0.25, 0.3) is 6.43 Å². The molecule has 0 aliphatic heterocycles. The number of carbonyl (C=O) groups excluding carboxylic acids is 1. The van der Waals surface area contributed by atoms with E-state index in [0.29, 0.717) is 0 Å². The molecule has 1 aromatic rings. The molecule has 19 heavy (non-hydrogen) atoms. The lowest BCUT2D eigenvalue weighted by atomic mass is 10.1. The van der Waals surface area contributed by atoms with Crippen LogP contribution in [0.25, 0.3) is 0 Å². The Labute approximate surface area is 115 Å². The summed E-state index contributed by atoms with van der Waals surface area (Å²) in [6.45, 7) is 1.08. The Morgan fingerprint density at radius 3 is 2.21 bits per heavy atom. The molecule has 0 amide bonds. The molecule has 1 atom stereocenters. The average molecular weight is 319 g/mol. The highest BCUT2D eigenvalue weighted by Crippen LogP contribution is 2.45. The first-order valence-corrected chi connectivity index (χ1v) is 6.20. The third-order valence-corrected chi connectivity index (χ3v) is 3.61. The van der Waals surface area contributed by atoms with Crippen LogP contribution in [0.4, 0.5) is 22.0 Å². The molecule has 0 saturated heterocycles. The van der Waals surface area contributed by atoms with E-state index in [1.807, 2.05) is 0 Å². The van der Waals surface area contributed by atoms with Crippen molar-refractivity contribution < 1.29 is 26.7 Å². The molecule has 0 saturated carbocycles. The minimum absolute atomic E-state index is 0.255. The van der Waals surface area contributed by atoms with Crippen molar-refractivity contribution in [1.29, 1.82) is 0 Å². The van der Waals surface area contributed by atoms with Gasteiger partial charge in [0.05, 0.1) is 0 Å². The Kier molecular flexibility index (Phi) is 5.20. The maximum Gasteiger partial charge on any atom is 0.446 e. The quantitative estimate of drug-likeness (QED) is 0.436. The van der Waals surface area contributed by atoms with Crippen molar-refractivity contribution in [1.82, 2.24) is 0 Å². The number of alkyl halides is 6. The van der Waals surface area contributed by atoms with Gasteiger partial charge in [-0.05, 0) is 24.2 Å². The highest BCUT2D eigenvalue weighted by Gasteiger charge is 2.34. The van der Waals surface area contributed by atoms with Gasteiger partial charge in [-0.15, -0.1) is 11.6 Å². The Balaban J connectivity index is 3.38. The molecule has 0 radical (unpaired) electrons. The summed E-state index contributed by atoms with van der Waals surface area (Å²) in [6, 6.07) is 3.17. The van der Waals surface area contributed by atoms with E-state index in [1.165, 1.54) is 0 Å². The predicted octanol–water partition coefficient (Wildman–Crippen LogP) is 5.11. The Bertz CT molecular complexity index is 475. The van der Waals surface area contributed by atoms with E-state index in [2.05, 4.69) is 0 Å². The summed E-state index contributed by atoms with van der Waals surface area (Å²) in [7, 11) is 0. The highest BCUT2D eigenvalue weighted by atomic mass is 35.5. The maximum atomic E-state index is 12.7. The summed E-state index contributed by atoms with van der Waals surface area (Å²) >= 11 is 4.99. The Morgan fingerprint density at radius 1 is 1.26 bits per heavy atom. The molecule has 0 N–H and O–H groups in total. The molecule has 0 aliphatic carbocycles. The van der Waals surface area contributed by atoms with Crippen molar-refractivity contribution in [2.75, 3.05) is 0 Å². The van der Waals surface area contributed by atoms with Gasteiger partial charge in [0.1, 0.15) is 5.38 Å². The summed E-state index contributed by atoms with van der Waals surface area (Å²) in [5, 5.41) is -1.39. The zero-order valence-electron chi connectivity index (χ0n) is 9.47. The van der Waals surface area contributed by atoms with Crippen LogP contribution in [0, 0.1) is 0 Å². The molecule has 1 unspecified atom stereocenters. The van der Waals surface area contributed by atoms with Gasteiger partial charge in [-0.3, -0.25) is 4.79 Å². The SMILES string of the molecule is CC(=O)C(Cl)c1cccc(C(F)F)c1SC(F)(F)F. The highest BCUT2D eigenvalue weighted by molar-refractivity contribution is 8.00. The fourth-order valence-electron chi connectivity index (χ4n) is 1.40. The molecule has 106 valence electrons. The first kappa shape index (κ1) is 16.2. The summed E-state index contributed by atoms with van der Waals surface area (Å²) in [5.41, 5.74) is -5.78. The lowest BCUT2D eigenvalue weighted by Crippen LogP contribution is -2.08. The van der Waals surface area contributed by atoms with Gasteiger partial charge in [0.15, 0.2) is 5.78 Å². The third kappa shape index (κ3) is 4.35. The first-order chi connectivity index (χ1) is 8.63. The number of rotatable bonds is 4. The van der Waals surface area contributed by atoms with Crippen LogP contribution in [0.3, 0.4) is 0 Å². The number of thioether (sulfide) groups is 1. The smallest absolute Gasteiger partial charge is 0.298 e. The second-order valence-corrected chi connectivity index (χ2v) is 5.10. The normalized spacial score (nSPS) is 13.7. The van der Waals surface area contributed by atoms with Crippen LogP contribution in [0.15, 0.2) is 23.1 Å². The second-order valence-electron chi connectivity index (χ2n) is 3.59. The number of hydrogen-bond acceptors (Lipinski definition) is 2. The summed E-state index contributed by atoms with van der Waals surface area (Å²) in [4.78, 5) is 10.4. The summed E-state index contributed by atoms with van der Waals surface area (Å²) in [6.07, 6.45) is -3.08. The summed E-state index contributed by atoms with van der Waals surface area (Å²) in [5.74, 6) is -0.614. The molecule has 8 heteroatoms. The van der Waals surface area contributed by atoms with Crippen LogP contribution < -0.4 is 0 Å². The molecule has 1 aromatic carbocycles. The van der Waals surface area contributed by atoms with Crippen molar-refractivity contribution >= 4 is 29.1 Å². The average Bonchev–Trinajstić information content (AvgIpc) is 2.25. The maximum absolute atomic E-state index is 12.7. The van der Waals surface area contributed by atoms with Crippen molar-refractivity contribution in [3.8, 4) is 0 Å². The van der Waals surface area contributed by atoms with Crippen LogP contribution in [0.2, 0.25) is 0 Å². The monoisotopic (exact) mass is 318 g/mol. The van der Waals surface area contributed by atoms with E-state index >= 15 is 0 Å². The molecular weight excluding hydrogens is 311 g/mol. The zero-order chi connectivity index (χ0) is 14.8. The van der Waals surface area contributed by atoms with Gasteiger partial charge in [-0.25, -0.2) is 8.78 Å². The number of halogens is 6. The van der Waals surface area contributed by atoms with E-state index in [9.17, 15) is 26.7 Å². The zero-order valence-corrected chi connectivity index (χ0v) is 11.0. The molecule has 0 heterocycles. The molecule has 0 fully saturated rings. The van der Waals surface area contributed by atoms with Crippen molar-refractivity contribution in [3.63, 3.8) is 0 Å².